The van der Waals surface area contributed by atoms with Crippen molar-refractivity contribution in [3.05, 3.63) is 23.5 Å². The topological polar surface area (TPSA) is 84.9 Å². The number of nitrogens with one attached hydrogen (secondary N) is 1. The molecule has 0 aliphatic heterocycles. The number of hydrogen-bond donors (Lipinski definition) is 2. The van der Waals surface area contributed by atoms with Crippen molar-refractivity contribution in [2.24, 2.45) is 5.92 Å². The standard InChI is InChI=1S/C14H18FNO5/c1-7(2)12(14(18)19)16-13(17)8-5-10(20-3)11(21-4)6-9(8)15/h5-7,12H,1-4H3,(H,16,17)(H,18,19)/t12-/m1/s1. The molecule has 0 saturated heterocycles. The summed E-state index contributed by atoms with van der Waals surface area (Å²) in [5, 5.41) is 11.3. The molecule has 116 valence electrons. The number of amides is 1. The normalized spacial score (nSPS) is 11.9. The van der Waals surface area contributed by atoms with Gasteiger partial charge < -0.3 is 19.9 Å². The van der Waals surface area contributed by atoms with Crippen LogP contribution >= 0.6 is 0 Å². The van der Waals surface area contributed by atoms with Crippen LogP contribution in [0.4, 0.5) is 4.39 Å². The second-order valence-corrected chi connectivity index (χ2v) is 4.72. The fourth-order valence-electron chi connectivity index (χ4n) is 1.76. The van der Waals surface area contributed by atoms with E-state index in [0.29, 0.717) is 0 Å². The molecule has 0 fully saturated rings. The molecule has 1 aromatic rings. The van der Waals surface area contributed by atoms with Crippen molar-refractivity contribution >= 4 is 11.9 Å². The van der Waals surface area contributed by atoms with Gasteiger partial charge in [-0.05, 0) is 12.0 Å². The highest BCUT2D eigenvalue weighted by Gasteiger charge is 2.26. The van der Waals surface area contributed by atoms with E-state index in [0.717, 1.165) is 6.07 Å². The van der Waals surface area contributed by atoms with E-state index in [-0.39, 0.29) is 23.0 Å². The Morgan fingerprint density at radius 3 is 2.14 bits per heavy atom. The Hall–Kier alpha value is -2.31. The maximum atomic E-state index is 13.9. The van der Waals surface area contributed by atoms with Crippen LogP contribution in [0, 0.1) is 11.7 Å². The summed E-state index contributed by atoms with van der Waals surface area (Å²) in [7, 11) is 2.70. The van der Waals surface area contributed by atoms with Gasteiger partial charge in [-0.2, -0.15) is 0 Å². The first-order valence-electron chi connectivity index (χ1n) is 6.27. The van der Waals surface area contributed by atoms with E-state index in [4.69, 9.17) is 14.6 Å². The summed E-state index contributed by atoms with van der Waals surface area (Å²) in [6.45, 7) is 3.29. The fourth-order valence-corrected chi connectivity index (χ4v) is 1.76. The molecule has 0 aliphatic rings. The highest BCUT2D eigenvalue weighted by Crippen LogP contribution is 2.29. The van der Waals surface area contributed by atoms with Crippen molar-refractivity contribution in [1.82, 2.24) is 5.32 Å². The Balaban J connectivity index is 3.10. The Labute approximate surface area is 121 Å². The van der Waals surface area contributed by atoms with Crippen molar-refractivity contribution in [3.8, 4) is 11.5 Å². The number of carboxylic acids is 1. The Morgan fingerprint density at radius 2 is 1.71 bits per heavy atom. The van der Waals surface area contributed by atoms with Gasteiger partial charge in [-0.1, -0.05) is 13.8 Å². The van der Waals surface area contributed by atoms with Gasteiger partial charge in [-0.3, -0.25) is 4.79 Å². The molecule has 0 unspecified atom stereocenters. The second kappa shape index (κ2) is 6.92. The number of benzene rings is 1. The summed E-state index contributed by atoms with van der Waals surface area (Å²) in [5.74, 6) is -2.84. The lowest BCUT2D eigenvalue weighted by molar-refractivity contribution is -0.140. The van der Waals surface area contributed by atoms with Gasteiger partial charge in [0, 0.05) is 6.07 Å². The number of halogens is 1. The number of ether oxygens (including phenoxy) is 2. The molecule has 0 radical (unpaired) electrons. The Morgan fingerprint density at radius 1 is 1.19 bits per heavy atom. The van der Waals surface area contributed by atoms with Gasteiger partial charge in [-0.15, -0.1) is 0 Å². The molecule has 1 aromatic carbocycles. The third kappa shape index (κ3) is 3.84. The summed E-state index contributed by atoms with van der Waals surface area (Å²) < 4.78 is 23.8. The molecule has 1 rings (SSSR count). The van der Waals surface area contributed by atoms with Crippen LogP contribution in [-0.2, 0) is 4.79 Å². The Bertz CT molecular complexity index is 544. The predicted molar refractivity (Wildman–Crippen MR) is 73.2 cm³/mol. The van der Waals surface area contributed by atoms with Gasteiger partial charge in [0.15, 0.2) is 11.5 Å². The molecule has 21 heavy (non-hydrogen) atoms. The molecule has 0 saturated carbocycles. The summed E-state index contributed by atoms with van der Waals surface area (Å²) in [6.07, 6.45) is 0. The molecule has 7 heteroatoms. The summed E-state index contributed by atoms with van der Waals surface area (Å²) in [5.41, 5.74) is -0.306. The first kappa shape index (κ1) is 16.7. The van der Waals surface area contributed by atoms with Gasteiger partial charge >= 0.3 is 5.97 Å². The maximum absolute atomic E-state index is 13.9. The lowest BCUT2D eigenvalue weighted by Crippen LogP contribution is -2.44. The van der Waals surface area contributed by atoms with Crippen LogP contribution < -0.4 is 14.8 Å². The molecule has 0 aromatic heterocycles. The van der Waals surface area contributed by atoms with Crippen LogP contribution in [0.5, 0.6) is 11.5 Å². The lowest BCUT2D eigenvalue weighted by Gasteiger charge is -2.18. The minimum absolute atomic E-state index is 0.144. The molecule has 2 N–H and O–H groups in total. The number of carbonyl (C=O) groups excluding carboxylic acids is 1. The first-order valence-corrected chi connectivity index (χ1v) is 6.27. The van der Waals surface area contributed by atoms with E-state index in [9.17, 15) is 14.0 Å². The van der Waals surface area contributed by atoms with Crippen LogP contribution in [0.2, 0.25) is 0 Å². The molecule has 0 spiro atoms. The van der Waals surface area contributed by atoms with E-state index >= 15 is 0 Å². The molecular weight excluding hydrogens is 281 g/mol. The second-order valence-electron chi connectivity index (χ2n) is 4.72. The van der Waals surface area contributed by atoms with Gasteiger partial charge in [0.1, 0.15) is 11.9 Å². The van der Waals surface area contributed by atoms with E-state index in [2.05, 4.69) is 5.32 Å². The van der Waals surface area contributed by atoms with Crippen LogP contribution in [0.15, 0.2) is 12.1 Å². The molecule has 6 nitrogen and oxygen atoms in total. The van der Waals surface area contributed by atoms with E-state index < -0.39 is 23.7 Å². The van der Waals surface area contributed by atoms with E-state index in [1.807, 2.05) is 0 Å². The number of rotatable bonds is 6. The molecule has 0 heterocycles. The van der Waals surface area contributed by atoms with E-state index in [1.165, 1.54) is 20.3 Å². The van der Waals surface area contributed by atoms with Crippen LogP contribution in [0.3, 0.4) is 0 Å². The predicted octanol–water partition coefficient (Wildman–Crippen LogP) is 1.68. The molecular formula is C14H18FNO5. The quantitative estimate of drug-likeness (QED) is 0.835. The van der Waals surface area contributed by atoms with Gasteiger partial charge in [0.25, 0.3) is 5.91 Å². The third-order valence-electron chi connectivity index (χ3n) is 2.94. The number of carboxylic acid groups (broad SMARTS) is 1. The van der Waals surface area contributed by atoms with Gasteiger partial charge in [0.2, 0.25) is 0 Å². The fraction of sp³-hybridized carbons (Fsp3) is 0.429. The lowest BCUT2D eigenvalue weighted by atomic mass is 10.0. The monoisotopic (exact) mass is 299 g/mol. The largest absolute Gasteiger partial charge is 0.493 e. The van der Waals surface area contributed by atoms with Crippen molar-refractivity contribution in [2.75, 3.05) is 14.2 Å². The minimum Gasteiger partial charge on any atom is -0.493 e. The maximum Gasteiger partial charge on any atom is 0.326 e. The molecule has 1 atom stereocenters. The third-order valence-corrected chi connectivity index (χ3v) is 2.94. The van der Waals surface area contributed by atoms with Crippen LogP contribution in [-0.4, -0.2) is 37.2 Å². The summed E-state index contributed by atoms with van der Waals surface area (Å²) in [6, 6.07) is 1.08. The van der Waals surface area contributed by atoms with Crippen molar-refractivity contribution < 1.29 is 28.6 Å². The average molecular weight is 299 g/mol. The van der Waals surface area contributed by atoms with Crippen molar-refractivity contribution in [1.29, 1.82) is 0 Å². The number of carbonyl (C=O) groups is 2. The van der Waals surface area contributed by atoms with Crippen molar-refractivity contribution in [3.63, 3.8) is 0 Å². The molecule has 0 aliphatic carbocycles. The molecule has 0 bridgehead atoms. The summed E-state index contributed by atoms with van der Waals surface area (Å²) in [4.78, 5) is 23.1. The highest BCUT2D eigenvalue weighted by atomic mass is 19.1. The van der Waals surface area contributed by atoms with Crippen molar-refractivity contribution in [2.45, 2.75) is 19.9 Å². The SMILES string of the molecule is COc1cc(F)c(C(=O)N[C@@H](C(=O)O)C(C)C)cc1OC. The van der Waals surface area contributed by atoms with Gasteiger partial charge in [-0.25, -0.2) is 9.18 Å². The molecule has 1 amide bonds. The first-order chi connectivity index (χ1) is 9.81. The Kier molecular flexibility index (Phi) is 5.52. The summed E-state index contributed by atoms with van der Waals surface area (Å²) >= 11 is 0. The van der Waals surface area contributed by atoms with Crippen LogP contribution in [0.1, 0.15) is 24.2 Å². The zero-order valence-corrected chi connectivity index (χ0v) is 12.3. The smallest absolute Gasteiger partial charge is 0.326 e. The number of aliphatic carboxylic acids is 1. The zero-order valence-electron chi connectivity index (χ0n) is 12.3. The zero-order chi connectivity index (χ0) is 16.2. The van der Waals surface area contributed by atoms with Gasteiger partial charge in [0.05, 0.1) is 19.8 Å². The van der Waals surface area contributed by atoms with Crippen LogP contribution in [0.25, 0.3) is 0 Å². The average Bonchev–Trinajstić information content (AvgIpc) is 2.43. The van der Waals surface area contributed by atoms with E-state index in [1.54, 1.807) is 13.8 Å². The minimum atomic E-state index is -1.18. The number of methoxy groups -OCH3 is 2. The number of hydrogen-bond acceptors (Lipinski definition) is 4. The highest BCUT2D eigenvalue weighted by molar-refractivity contribution is 5.97.